The van der Waals surface area contributed by atoms with Crippen LogP contribution in [0.1, 0.15) is 17.5 Å². The number of hydrogen-bond acceptors (Lipinski definition) is 2. The first kappa shape index (κ1) is 11.0. The van der Waals surface area contributed by atoms with Crippen molar-refractivity contribution in [3.63, 3.8) is 0 Å². The van der Waals surface area contributed by atoms with Crippen LogP contribution in [0, 0.1) is 12.8 Å². The highest BCUT2D eigenvalue weighted by Crippen LogP contribution is 2.35. The second kappa shape index (κ2) is 4.28. The number of benzene rings is 1. The molecule has 3 rings (SSSR count). The van der Waals surface area contributed by atoms with E-state index in [0.717, 1.165) is 26.1 Å². The van der Waals surface area contributed by atoms with Crippen molar-refractivity contribution in [2.75, 3.05) is 19.6 Å². The van der Waals surface area contributed by atoms with Gasteiger partial charge in [0, 0.05) is 25.6 Å². The van der Waals surface area contributed by atoms with E-state index < -0.39 is 0 Å². The molecule has 2 bridgehead atoms. The minimum Gasteiger partial charge on any atom is -0.392 e. The number of nitrogens with zero attached hydrogens (tertiary/aromatic N) is 1. The van der Waals surface area contributed by atoms with Crippen molar-refractivity contribution in [3.8, 4) is 0 Å². The molecule has 1 aromatic rings. The second-order valence-corrected chi connectivity index (χ2v) is 5.20. The highest BCUT2D eigenvalue weighted by atomic mass is 16.3. The number of rotatable bonds is 1. The summed E-state index contributed by atoms with van der Waals surface area (Å²) in [7, 11) is 0. The van der Waals surface area contributed by atoms with E-state index in [0.29, 0.717) is 5.92 Å². The summed E-state index contributed by atoms with van der Waals surface area (Å²) in [5.41, 5.74) is 3.98. The van der Waals surface area contributed by atoms with Gasteiger partial charge in [0.15, 0.2) is 0 Å². The van der Waals surface area contributed by atoms with Gasteiger partial charge in [0.25, 0.3) is 0 Å². The Hall–Kier alpha value is -1.12. The van der Waals surface area contributed by atoms with Gasteiger partial charge in [-0.3, -0.25) is 4.90 Å². The SMILES string of the molecule is Cc1ccccc1C1=CCN2CC[C@@H](O)[C@@H]1C2. The zero-order chi connectivity index (χ0) is 11.8. The van der Waals surface area contributed by atoms with Gasteiger partial charge >= 0.3 is 0 Å². The summed E-state index contributed by atoms with van der Waals surface area (Å²) in [6.07, 6.45) is 3.05. The largest absolute Gasteiger partial charge is 0.392 e. The number of fused-ring (bicyclic) bond motifs is 2. The van der Waals surface area contributed by atoms with Crippen LogP contribution in [0.2, 0.25) is 0 Å². The van der Waals surface area contributed by atoms with Crippen molar-refractivity contribution in [1.29, 1.82) is 0 Å². The normalized spacial score (nSPS) is 32.1. The maximum absolute atomic E-state index is 10.2. The van der Waals surface area contributed by atoms with Crippen LogP contribution in [-0.4, -0.2) is 35.7 Å². The minimum absolute atomic E-state index is 0.169. The third kappa shape index (κ3) is 1.92. The van der Waals surface area contributed by atoms with Crippen LogP contribution in [0.4, 0.5) is 0 Å². The molecule has 2 aliphatic rings. The third-order valence-corrected chi connectivity index (χ3v) is 4.09. The standard InChI is InChI=1S/C15H19NO/c1-11-4-2-3-5-12(11)13-6-8-16-9-7-15(17)14(13)10-16/h2-6,14-15,17H,7-10H2,1H3/t14-,15-/m1/s1. The van der Waals surface area contributed by atoms with Crippen molar-refractivity contribution in [3.05, 3.63) is 41.5 Å². The van der Waals surface area contributed by atoms with E-state index in [4.69, 9.17) is 0 Å². The molecule has 1 N–H and O–H groups in total. The summed E-state index contributed by atoms with van der Waals surface area (Å²) in [5.74, 6) is 0.304. The first-order chi connectivity index (χ1) is 8.25. The zero-order valence-electron chi connectivity index (χ0n) is 10.3. The fraction of sp³-hybridized carbons (Fsp3) is 0.467. The van der Waals surface area contributed by atoms with Crippen LogP contribution >= 0.6 is 0 Å². The number of aryl methyl sites for hydroxylation is 1. The monoisotopic (exact) mass is 229 g/mol. The molecule has 17 heavy (non-hydrogen) atoms. The summed E-state index contributed by atoms with van der Waals surface area (Å²) in [5, 5.41) is 10.2. The summed E-state index contributed by atoms with van der Waals surface area (Å²) in [6.45, 7) is 5.24. The van der Waals surface area contributed by atoms with E-state index in [9.17, 15) is 5.11 Å². The number of hydrogen-bond donors (Lipinski definition) is 1. The van der Waals surface area contributed by atoms with Crippen molar-refractivity contribution >= 4 is 5.57 Å². The Morgan fingerprint density at radius 1 is 1.29 bits per heavy atom. The van der Waals surface area contributed by atoms with E-state index in [1.807, 2.05) is 0 Å². The fourth-order valence-corrected chi connectivity index (χ4v) is 3.06. The van der Waals surface area contributed by atoms with E-state index in [2.05, 4.69) is 42.2 Å². The zero-order valence-corrected chi connectivity index (χ0v) is 10.3. The molecular formula is C15H19NO. The highest BCUT2D eigenvalue weighted by Gasteiger charge is 2.33. The molecule has 3 atom stereocenters. The van der Waals surface area contributed by atoms with Gasteiger partial charge in [-0.25, -0.2) is 0 Å². The van der Waals surface area contributed by atoms with Crippen LogP contribution in [0.15, 0.2) is 30.3 Å². The predicted octanol–water partition coefficient (Wildman–Crippen LogP) is 2.07. The van der Waals surface area contributed by atoms with Gasteiger partial charge < -0.3 is 5.11 Å². The molecule has 2 heterocycles. The van der Waals surface area contributed by atoms with Gasteiger partial charge in [-0.2, -0.15) is 0 Å². The van der Waals surface area contributed by atoms with Gasteiger partial charge in [0.1, 0.15) is 0 Å². The molecule has 2 nitrogen and oxygen atoms in total. The molecular weight excluding hydrogens is 210 g/mol. The molecule has 90 valence electrons. The molecule has 2 heteroatoms. The molecule has 1 unspecified atom stereocenters. The van der Waals surface area contributed by atoms with Gasteiger partial charge in [0.2, 0.25) is 0 Å². The Bertz CT molecular complexity index is 452. The lowest BCUT2D eigenvalue weighted by molar-refractivity contribution is 0.0508. The average molecular weight is 229 g/mol. The lowest BCUT2D eigenvalue weighted by atomic mass is 9.80. The van der Waals surface area contributed by atoms with Gasteiger partial charge in [0.05, 0.1) is 6.10 Å². The minimum atomic E-state index is -0.169. The molecule has 1 fully saturated rings. The Balaban J connectivity index is 2.00. The summed E-state index contributed by atoms with van der Waals surface area (Å²) in [6, 6.07) is 8.49. The Kier molecular flexibility index (Phi) is 2.77. The maximum Gasteiger partial charge on any atom is 0.0633 e. The third-order valence-electron chi connectivity index (χ3n) is 4.09. The molecule has 0 aliphatic carbocycles. The Morgan fingerprint density at radius 2 is 2.12 bits per heavy atom. The van der Waals surface area contributed by atoms with E-state index in [-0.39, 0.29) is 6.10 Å². The summed E-state index contributed by atoms with van der Waals surface area (Å²) >= 11 is 0. The van der Waals surface area contributed by atoms with Crippen molar-refractivity contribution in [2.45, 2.75) is 19.4 Å². The van der Waals surface area contributed by atoms with E-state index in [1.54, 1.807) is 0 Å². The maximum atomic E-state index is 10.2. The Labute approximate surface area is 103 Å². The van der Waals surface area contributed by atoms with E-state index in [1.165, 1.54) is 16.7 Å². The van der Waals surface area contributed by atoms with Crippen molar-refractivity contribution < 1.29 is 5.11 Å². The summed E-state index contributed by atoms with van der Waals surface area (Å²) in [4.78, 5) is 2.43. The van der Waals surface area contributed by atoms with Gasteiger partial charge in [-0.15, -0.1) is 0 Å². The first-order valence-electron chi connectivity index (χ1n) is 6.42. The summed E-state index contributed by atoms with van der Waals surface area (Å²) < 4.78 is 0. The predicted molar refractivity (Wildman–Crippen MR) is 69.7 cm³/mol. The second-order valence-electron chi connectivity index (χ2n) is 5.20. The lowest BCUT2D eigenvalue weighted by Gasteiger charge is -2.41. The smallest absolute Gasteiger partial charge is 0.0633 e. The average Bonchev–Trinajstić information content (AvgIpc) is 2.36. The quantitative estimate of drug-likeness (QED) is 0.797. The van der Waals surface area contributed by atoms with Crippen molar-refractivity contribution in [2.24, 2.45) is 5.92 Å². The first-order valence-corrected chi connectivity index (χ1v) is 6.42. The molecule has 1 aromatic carbocycles. The highest BCUT2D eigenvalue weighted by molar-refractivity contribution is 5.71. The van der Waals surface area contributed by atoms with Crippen LogP contribution in [0.25, 0.3) is 5.57 Å². The van der Waals surface area contributed by atoms with Gasteiger partial charge in [-0.1, -0.05) is 30.3 Å². The molecule has 0 amide bonds. The van der Waals surface area contributed by atoms with Crippen LogP contribution < -0.4 is 0 Å². The molecule has 0 radical (unpaired) electrons. The van der Waals surface area contributed by atoms with E-state index >= 15 is 0 Å². The number of aliphatic hydroxyl groups is 1. The molecule has 2 aliphatic heterocycles. The van der Waals surface area contributed by atoms with Gasteiger partial charge in [-0.05, 0) is 30.0 Å². The number of piperidine rings is 1. The van der Waals surface area contributed by atoms with Crippen LogP contribution in [-0.2, 0) is 0 Å². The fourth-order valence-electron chi connectivity index (χ4n) is 3.06. The lowest BCUT2D eigenvalue weighted by Crippen LogP contribution is -2.46. The van der Waals surface area contributed by atoms with Crippen LogP contribution in [0.5, 0.6) is 0 Å². The topological polar surface area (TPSA) is 23.5 Å². The molecule has 0 saturated carbocycles. The molecule has 0 aromatic heterocycles. The molecule has 0 spiro atoms. The van der Waals surface area contributed by atoms with Crippen LogP contribution in [0.3, 0.4) is 0 Å². The Morgan fingerprint density at radius 3 is 2.94 bits per heavy atom. The molecule has 1 saturated heterocycles. The van der Waals surface area contributed by atoms with Crippen molar-refractivity contribution in [1.82, 2.24) is 4.90 Å². The number of aliphatic hydroxyl groups excluding tert-OH is 1.